The highest BCUT2D eigenvalue weighted by Crippen LogP contribution is 2.22. The Hall–Kier alpha value is -1.13. The molecule has 0 saturated heterocycles. The Morgan fingerprint density at radius 3 is 2.76 bits per heavy atom. The van der Waals surface area contributed by atoms with Gasteiger partial charge in [0.25, 0.3) is 0 Å². The molecule has 1 atom stereocenters. The first-order chi connectivity index (χ1) is 8.17. The molecule has 0 fully saturated rings. The summed E-state index contributed by atoms with van der Waals surface area (Å²) in [7, 11) is 0. The minimum atomic E-state index is 0.132. The van der Waals surface area contributed by atoms with Crippen molar-refractivity contribution in [2.75, 3.05) is 6.61 Å². The molecular weight excluding hydrogens is 214 g/mol. The Morgan fingerprint density at radius 1 is 1.41 bits per heavy atom. The molecule has 1 aromatic heterocycles. The summed E-state index contributed by atoms with van der Waals surface area (Å²) >= 11 is 0. The second-order valence-corrected chi connectivity index (χ2v) is 4.65. The van der Waals surface area contributed by atoms with Crippen molar-refractivity contribution in [3.05, 3.63) is 24.0 Å². The van der Waals surface area contributed by atoms with E-state index in [1.807, 2.05) is 12.3 Å². The van der Waals surface area contributed by atoms with Gasteiger partial charge in [-0.15, -0.1) is 0 Å². The summed E-state index contributed by atoms with van der Waals surface area (Å²) in [6.07, 6.45) is 5.55. The van der Waals surface area contributed by atoms with E-state index in [1.165, 1.54) is 0 Å². The molecule has 0 spiro atoms. The number of hydrazine groups is 1. The Kier molecular flexibility index (Phi) is 5.94. The zero-order valence-electron chi connectivity index (χ0n) is 10.9. The lowest BCUT2D eigenvalue weighted by Crippen LogP contribution is -2.29. The number of hydrogen-bond donors (Lipinski definition) is 2. The molecule has 17 heavy (non-hydrogen) atoms. The predicted octanol–water partition coefficient (Wildman–Crippen LogP) is 2.42. The summed E-state index contributed by atoms with van der Waals surface area (Å²) in [5.74, 6) is 6.98. The third-order valence-corrected chi connectivity index (χ3v) is 2.52. The predicted molar refractivity (Wildman–Crippen MR) is 69.5 cm³/mol. The van der Waals surface area contributed by atoms with Crippen LogP contribution in [0.5, 0.6) is 5.75 Å². The average Bonchev–Trinajstić information content (AvgIpc) is 2.33. The van der Waals surface area contributed by atoms with E-state index in [0.717, 1.165) is 30.8 Å². The summed E-state index contributed by atoms with van der Waals surface area (Å²) in [5.41, 5.74) is 3.92. The van der Waals surface area contributed by atoms with Crippen molar-refractivity contribution in [1.29, 1.82) is 0 Å². The third-order valence-electron chi connectivity index (χ3n) is 2.52. The quantitative estimate of drug-likeness (QED) is 0.565. The van der Waals surface area contributed by atoms with Crippen molar-refractivity contribution in [3.63, 3.8) is 0 Å². The van der Waals surface area contributed by atoms with E-state index >= 15 is 0 Å². The normalized spacial score (nSPS) is 12.8. The number of ether oxygens (including phenoxy) is 1. The van der Waals surface area contributed by atoms with Crippen LogP contribution in [0.25, 0.3) is 0 Å². The smallest absolute Gasteiger partial charge is 0.137 e. The van der Waals surface area contributed by atoms with Crippen LogP contribution in [0.2, 0.25) is 0 Å². The summed E-state index contributed by atoms with van der Waals surface area (Å²) in [6.45, 7) is 7.15. The lowest BCUT2D eigenvalue weighted by atomic mass is 9.99. The van der Waals surface area contributed by atoms with E-state index < -0.39 is 0 Å². The monoisotopic (exact) mass is 237 g/mol. The second kappa shape index (κ2) is 7.25. The van der Waals surface area contributed by atoms with E-state index in [2.05, 4.69) is 31.2 Å². The lowest BCUT2D eigenvalue weighted by molar-refractivity contribution is 0.315. The minimum Gasteiger partial charge on any atom is -0.492 e. The summed E-state index contributed by atoms with van der Waals surface area (Å²) in [4.78, 5) is 4.19. The van der Waals surface area contributed by atoms with Gasteiger partial charge in [0.15, 0.2) is 0 Å². The third kappa shape index (κ3) is 4.71. The number of nitrogens with one attached hydrogen (secondary N) is 1. The van der Waals surface area contributed by atoms with Crippen LogP contribution in [0.4, 0.5) is 0 Å². The highest BCUT2D eigenvalue weighted by molar-refractivity contribution is 5.26. The van der Waals surface area contributed by atoms with Crippen molar-refractivity contribution in [2.24, 2.45) is 11.8 Å². The SMILES string of the molecule is CCCOc1cncc(C(CC(C)C)NN)c1. The first-order valence-electron chi connectivity index (χ1n) is 6.21. The van der Waals surface area contributed by atoms with Gasteiger partial charge in [-0.2, -0.15) is 0 Å². The fourth-order valence-electron chi connectivity index (χ4n) is 1.70. The molecule has 3 N–H and O–H groups in total. The van der Waals surface area contributed by atoms with Crippen molar-refractivity contribution in [2.45, 2.75) is 39.7 Å². The largest absolute Gasteiger partial charge is 0.492 e. The summed E-state index contributed by atoms with van der Waals surface area (Å²) < 4.78 is 5.56. The maximum atomic E-state index is 5.58. The zero-order valence-corrected chi connectivity index (χ0v) is 10.9. The Bertz CT molecular complexity index is 328. The van der Waals surface area contributed by atoms with Gasteiger partial charge in [-0.25, -0.2) is 0 Å². The number of nitrogens with two attached hydrogens (primary N) is 1. The molecule has 1 unspecified atom stereocenters. The molecule has 0 amide bonds. The number of aromatic nitrogens is 1. The molecule has 0 aliphatic rings. The van der Waals surface area contributed by atoms with Crippen LogP contribution < -0.4 is 16.0 Å². The number of rotatable bonds is 7. The van der Waals surface area contributed by atoms with E-state index in [0.29, 0.717) is 5.92 Å². The van der Waals surface area contributed by atoms with Crippen molar-refractivity contribution in [1.82, 2.24) is 10.4 Å². The van der Waals surface area contributed by atoms with Gasteiger partial charge in [0.05, 0.1) is 12.8 Å². The molecule has 0 saturated carbocycles. The lowest BCUT2D eigenvalue weighted by Gasteiger charge is -2.18. The molecule has 4 nitrogen and oxygen atoms in total. The van der Waals surface area contributed by atoms with Gasteiger partial charge in [-0.05, 0) is 30.4 Å². The number of hydrogen-bond acceptors (Lipinski definition) is 4. The van der Waals surface area contributed by atoms with Gasteiger partial charge >= 0.3 is 0 Å². The molecule has 4 heteroatoms. The molecule has 96 valence electrons. The van der Waals surface area contributed by atoms with Crippen molar-refractivity contribution in [3.8, 4) is 5.75 Å². The summed E-state index contributed by atoms with van der Waals surface area (Å²) in [6, 6.07) is 2.14. The summed E-state index contributed by atoms with van der Waals surface area (Å²) in [5, 5.41) is 0. The van der Waals surface area contributed by atoms with Gasteiger partial charge in [0.2, 0.25) is 0 Å². The van der Waals surface area contributed by atoms with E-state index in [1.54, 1.807) is 6.20 Å². The fraction of sp³-hybridized carbons (Fsp3) is 0.615. The van der Waals surface area contributed by atoms with Crippen molar-refractivity contribution < 1.29 is 4.74 Å². The van der Waals surface area contributed by atoms with Crippen LogP contribution in [0.3, 0.4) is 0 Å². The topological polar surface area (TPSA) is 60.2 Å². The first-order valence-corrected chi connectivity index (χ1v) is 6.21. The van der Waals surface area contributed by atoms with E-state index in [-0.39, 0.29) is 6.04 Å². The molecule has 0 aromatic carbocycles. The Labute approximate surface area is 104 Å². The molecule has 1 aromatic rings. The van der Waals surface area contributed by atoms with Crippen LogP contribution in [0, 0.1) is 5.92 Å². The van der Waals surface area contributed by atoms with Crippen LogP contribution >= 0.6 is 0 Å². The van der Waals surface area contributed by atoms with Crippen LogP contribution in [0.15, 0.2) is 18.5 Å². The van der Waals surface area contributed by atoms with Gasteiger partial charge in [0.1, 0.15) is 5.75 Å². The average molecular weight is 237 g/mol. The van der Waals surface area contributed by atoms with Crippen LogP contribution in [0.1, 0.15) is 45.2 Å². The number of pyridine rings is 1. The van der Waals surface area contributed by atoms with Gasteiger partial charge < -0.3 is 4.74 Å². The molecule has 1 rings (SSSR count). The first kappa shape index (κ1) is 13.9. The van der Waals surface area contributed by atoms with Gasteiger partial charge in [-0.3, -0.25) is 16.3 Å². The molecule has 0 aliphatic carbocycles. The van der Waals surface area contributed by atoms with Gasteiger partial charge in [0, 0.05) is 12.2 Å². The highest BCUT2D eigenvalue weighted by atomic mass is 16.5. The number of nitrogens with zero attached hydrogens (tertiary/aromatic N) is 1. The second-order valence-electron chi connectivity index (χ2n) is 4.65. The standard InChI is InChI=1S/C13H23N3O/c1-4-5-17-12-7-11(8-15-9-12)13(16-14)6-10(2)3/h7-10,13,16H,4-6,14H2,1-3H3. The van der Waals surface area contributed by atoms with E-state index in [4.69, 9.17) is 10.6 Å². The molecule has 0 aliphatic heterocycles. The van der Waals surface area contributed by atoms with Gasteiger partial charge in [-0.1, -0.05) is 20.8 Å². The van der Waals surface area contributed by atoms with Crippen LogP contribution in [-0.4, -0.2) is 11.6 Å². The maximum absolute atomic E-state index is 5.58. The minimum absolute atomic E-state index is 0.132. The highest BCUT2D eigenvalue weighted by Gasteiger charge is 2.12. The molecular formula is C13H23N3O. The van der Waals surface area contributed by atoms with Crippen molar-refractivity contribution >= 4 is 0 Å². The maximum Gasteiger partial charge on any atom is 0.137 e. The van der Waals surface area contributed by atoms with E-state index in [9.17, 15) is 0 Å². The molecule has 1 heterocycles. The van der Waals surface area contributed by atoms with Crippen LogP contribution in [-0.2, 0) is 0 Å². The zero-order chi connectivity index (χ0) is 12.7. The molecule has 0 radical (unpaired) electrons. The Morgan fingerprint density at radius 2 is 2.18 bits per heavy atom. The Balaban J connectivity index is 2.73. The fourth-order valence-corrected chi connectivity index (χ4v) is 1.70. The molecule has 0 bridgehead atoms.